The molecule has 38 heavy (non-hydrogen) atoms. The van der Waals surface area contributed by atoms with Crippen molar-refractivity contribution in [3.63, 3.8) is 0 Å². The predicted molar refractivity (Wildman–Crippen MR) is 149 cm³/mol. The minimum absolute atomic E-state index is 0.0839. The molecule has 0 aromatic heterocycles. The van der Waals surface area contributed by atoms with Crippen LogP contribution in [0.3, 0.4) is 0 Å². The zero-order chi connectivity index (χ0) is 26.2. The second kappa shape index (κ2) is 9.89. The number of hydrogen-bond donors (Lipinski definition) is 1. The monoisotopic (exact) mass is 509 g/mol. The number of likely N-dealkylation sites (N-methyl/N-ethyl adjacent to an activating group) is 1. The summed E-state index contributed by atoms with van der Waals surface area (Å²) in [4.78, 5) is 32.9. The summed E-state index contributed by atoms with van der Waals surface area (Å²) in [5, 5.41) is 11.5. The maximum absolute atomic E-state index is 13.5. The minimum Gasteiger partial charge on any atom is -0.507 e. The number of benzene rings is 3. The molecular weight excluding hydrogens is 478 g/mol. The van der Waals surface area contributed by atoms with Crippen molar-refractivity contribution in [1.82, 2.24) is 0 Å². The lowest BCUT2D eigenvalue weighted by molar-refractivity contribution is -0.132. The van der Waals surface area contributed by atoms with Crippen LogP contribution >= 0.6 is 0 Å². The lowest BCUT2D eigenvalue weighted by Gasteiger charge is -2.30. The van der Waals surface area contributed by atoms with Crippen LogP contribution in [0.1, 0.15) is 36.4 Å². The second-order valence-corrected chi connectivity index (χ2v) is 10.1. The van der Waals surface area contributed by atoms with Crippen LogP contribution in [-0.4, -0.2) is 50.1 Å². The Morgan fingerprint density at radius 1 is 0.868 bits per heavy atom. The number of aliphatic hydroxyl groups is 1. The van der Waals surface area contributed by atoms with Gasteiger partial charge in [0.1, 0.15) is 18.1 Å². The number of hydrogen-bond acceptors (Lipinski definition) is 6. The Hall–Kier alpha value is -4.26. The summed E-state index contributed by atoms with van der Waals surface area (Å²) in [5.41, 5.74) is 3.88. The third kappa shape index (κ3) is 4.18. The van der Waals surface area contributed by atoms with E-state index in [2.05, 4.69) is 4.90 Å². The molecule has 3 aliphatic heterocycles. The van der Waals surface area contributed by atoms with E-state index in [9.17, 15) is 14.7 Å². The highest BCUT2D eigenvalue weighted by molar-refractivity contribution is 6.51. The van der Waals surface area contributed by atoms with Crippen LogP contribution in [0.25, 0.3) is 5.76 Å². The van der Waals surface area contributed by atoms with Crippen molar-refractivity contribution in [1.29, 1.82) is 0 Å². The summed E-state index contributed by atoms with van der Waals surface area (Å²) in [6.07, 6.45) is 3.61. The number of piperidine rings is 1. The van der Waals surface area contributed by atoms with Gasteiger partial charge in [0.15, 0.2) is 0 Å². The first-order valence-corrected chi connectivity index (χ1v) is 13.2. The minimum atomic E-state index is -0.748. The SMILES string of the molecule is CN1CCOc2ccc(/C(O)=C3/C(=O)C(=O)N(c4ccc(N5CCCCC5)cc4)C3c3ccccc3)cc21. The molecule has 1 atom stereocenters. The number of fused-ring (bicyclic) bond motifs is 1. The van der Waals surface area contributed by atoms with Gasteiger partial charge in [-0.3, -0.25) is 14.5 Å². The van der Waals surface area contributed by atoms with Crippen LogP contribution in [0.5, 0.6) is 5.75 Å². The molecule has 0 bridgehead atoms. The van der Waals surface area contributed by atoms with E-state index in [4.69, 9.17) is 4.74 Å². The van der Waals surface area contributed by atoms with Crippen LogP contribution in [0.15, 0.2) is 78.4 Å². The fourth-order valence-electron chi connectivity index (χ4n) is 5.68. The Balaban J connectivity index is 1.43. The molecular formula is C31H31N3O4. The van der Waals surface area contributed by atoms with E-state index in [1.165, 1.54) is 24.2 Å². The molecule has 3 aromatic carbocycles. The first-order chi connectivity index (χ1) is 18.5. The molecule has 0 radical (unpaired) electrons. The van der Waals surface area contributed by atoms with Gasteiger partial charge in [-0.2, -0.15) is 0 Å². The molecule has 7 heteroatoms. The number of nitrogens with zero attached hydrogens (tertiary/aromatic N) is 3. The molecule has 7 nitrogen and oxygen atoms in total. The highest BCUT2D eigenvalue weighted by Crippen LogP contribution is 2.43. The third-order valence-corrected chi connectivity index (χ3v) is 7.74. The lowest BCUT2D eigenvalue weighted by Crippen LogP contribution is -2.30. The number of rotatable bonds is 4. The molecule has 6 rings (SSSR count). The second-order valence-electron chi connectivity index (χ2n) is 10.1. The van der Waals surface area contributed by atoms with Crippen LogP contribution in [0.4, 0.5) is 17.1 Å². The molecule has 1 amide bonds. The number of ether oxygens (including phenoxy) is 1. The number of ketones is 1. The Morgan fingerprint density at radius 3 is 2.32 bits per heavy atom. The molecule has 0 saturated carbocycles. The highest BCUT2D eigenvalue weighted by Gasteiger charge is 2.47. The lowest BCUT2D eigenvalue weighted by atomic mass is 9.95. The fraction of sp³-hybridized carbons (Fsp3) is 0.290. The maximum Gasteiger partial charge on any atom is 0.300 e. The van der Waals surface area contributed by atoms with Crippen LogP contribution in [-0.2, 0) is 9.59 Å². The quantitative estimate of drug-likeness (QED) is 0.299. The summed E-state index contributed by atoms with van der Waals surface area (Å²) in [6, 6.07) is 21.8. The maximum atomic E-state index is 13.5. The number of anilines is 3. The number of aliphatic hydroxyl groups excluding tert-OH is 1. The van der Waals surface area contributed by atoms with Crippen molar-refractivity contribution in [2.24, 2.45) is 0 Å². The number of Topliss-reactive ketones (excluding diaryl/α,β-unsaturated/α-hetero) is 1. The van der Waals surface area contributed by atoms with Crippen molar-refractivity contribution < 1.29 is 19.4 Å². The van der Waals surface area contributed by atoms with Crippen molar-refractivity contribution in [2.45, 2.75) is 25.3 Å². The molecule has 1 N–H and O–H groups in total. The summed E-state index contributed by atoms with van der Waals surface area (Å²) in [5.74, 6) is -0.807. The molecule has 1 unspecified atom stereocenters. The van der Waals surface area contributed by atoms with Crippen molar-refractivity contribution in [3.8, 4) is 5.75 Å². The van der Waals surface area contributed by atoms with Gasteiger partial charge in [0, 0.05) is 37.1 Å². The highest BCUT2D eigenvalue weighted by atomic mass is 16.5. The van der Waals surface area contributed by atoms with Gasteiger partial charge in [-0.1, -0.05) is 30.3 Å². The van der Waals surface area contributed by atoms with Gasteiger partial charge in [-0.25, -0.2) is 0 Å². The topological polar surface area (TPSA) is 73.3 Å². The summed E-state index contributed by atoms with van der Waals surface area (Å²) in [7, 11) is 1.96. The molecule has 2 saturated heterocycles. The number of amides is 1. The van der Waals surface area contributed by atoms with Gasteiger partial charge in [0.25, 0.3) is 11.7 Å². The number of carbonyl (C=O) groups excluding carboxylic acids is 2. The average Bonchev–Trinajstić information content (AvgIpc) is 3.23. The van der Waals surface area contributed by atoms with Crippen molar-refractivity contribution in [3.05, 3.63) is 89.5 Å². The van der Waals surface area contributed by atoms with E-state index in [1.54, 1.807) is 12.1 Å². The van der Waals surface area contributed by atoms with E-state index in [0.717, 1.165) is 42.3 Å². The Bertz CT molecular complexity index is 1390. The van der Waals surface area contributed by atoms with Crippen molar-refractivity contribution in [2.75, 3.05) is 48.0 Å². The van der Waals surface area contributed by atoms with Crippen molar-refractivity contribution >= 4 is 34.5 Å². The molecule has 0 spiro atoms. The van der Waals surface area contributed by atoms with E-state index < -0.39 is 17.7 Å². The zero-order valence-electron chi connectivity index (χ0n) is 21.5. The first kappa shape index (κ1) is 24.1. The standard InChI is InChI=1S/C31H31N3O4/c1-32-18-19-38-26-15-10-22(20-25(26)32)29(35)27-28(21-8-4-2-5-9-21)34(31(37)30(27)36)24-13-11-23(12-14-24)33-16-6-3-7-17-33/h2,4-5,8-15,20,28,35H,3,6-7,16-19H2,1H3/b29-27-. The van der Waals surface area contributed by atoms with E-state index in [1.807, 2.05) is 72.6 Å². The van der Waals surface area contributed by atoms with Gasteiger partial charge in [0.05, 0.1) is 23.8 Å². The summed E-state index contributed by atoms with van der Waals surface area (Å²) >= 11 is 0. The largest absolute Gasteiger partial charge is 0.507 e. The Morgan fingerprint density at radius 2 is 1.58 bits per heavy atom. The van der Waals surface area contributed by atoms with Crippen LogP contribution < -0.4 is 19.4 Å². The van der Waals surface area contributed by atoms with E-state index >= 15 is 0 Å². The van der Waals surface area contributed by atoms with Gasteiger partial charge in [-0.15, -0.1) is 0 Å². The van der Waals surface area contributed by atoms with Crippen LogP contribution in [0.2, 0.25) is 0 Å². The molecule has 0 aliphatic carbocycles. The molecule has 3 heterocycles. The van der Waals surface area contributed by atoms with Gasteiger partial charge < -0.3 is 19.6 Å². The van der Waals surface area contributed by atoms with Gasteiger partial charge in [-0.05, 0) is 67.3 Å². The molecule has 194 valence electrons. The molecule has 2 fully saturated rings. The molecule has 3 aromatic rings. The van der Waals surface area contributed by atoms with Gasteiger partial charge in [0.2, 0.25) is 0 Å². The average molecular weight is 510 g/mol. The van der Waals surface area contributed by atoms with Crippen LogP contribution in [0, 0.1) is 0 Å². The first-order valence-electron chi connectivity index (χ1n) is 13.2. The Kier molecular flexibility index (Phi) is 6.27. The number of carbonyl (C=O) groups is 2. The summed E-state index contributed by atoms with van der Waals surface area (Å²) < 4.78 is 5.74. The Labute approximate surface area is 222 Å². The zero-order valence-corrected chi connectivity index (χ0v) is 21.5. The smallest absolute Gasteiger partial charge is 0.300 e. The normalized spacial score (nSPS) is 20.9. The van der Waals surface area contributed by atoms with E-state index in [-0.39, 0.29) is 11.3 Å². The summed E-state index contributed by atoms with van der Waals surface area (Å²) in [6.45, 7) is 3.35. The van der Waals surface area contributed by atoms with E-state index in [0.29, 0.717) is 17.9 Å². The molecule has 3 aliphatic rings. The van der Waals surface area contributed by atoms with Gasteiger partial charge >= 0.3 is 0 Å². The third-order valence-electron chi connectivity index (χ3n) is 7.74. The predicted octanol–water partition coefficient (Wildman–Crippen LogP) is 5.13. The fourth-order valence-corrected chi connectivity index (χ4v) is 5.68.